The van der Waals surface area contributed by atoms with Gasteiger partial charge in [0.1, 0.15) is 11.5 Å². The van der Waals surface area contributed by atoms with Gasteiger partial charge in [-0.3, -0.25) is 4.98 Å². The highest BCUT2D eigenvalue weighted by Crippen LogP contribution is 2.35. The number of hydrogen-bond donors (Lipinski definition) is 1. The van der Waals surface area contributed by atoms with E-state index in [0.717, 1.165) is 12.1 Å². The second-order valence-corrected chi connectivity index (χ2v) is 4.68. The highest BCUT2D eigenvalue weighted by atomic mass is 19.4. The van der Waals surface area contributed by atoms with Crippen LogP contribution in [0.3, 0.4) is 0 Å². The van der Waals surface area contributed by atoms with E-state index in [4.69, 9.17) is 10.5 Å². The molecule has 0 spiro atoms. The van der Waals surface area contributed by atoms with Gasteiger partial charge in [0.2, 0.25) is 0 Å². The number of nitrogens with two attached hydrogens (primary N) is 1. The first-order chi connectivity index (χ1) is 10.4. The van der Waals surface area contributed by atoms with E-state index in [1.807, 2.05) is 0 Å². The molecule has 0 radical (unpaired) electrons. The van der Waals surface area contributed by atoms with Crippen LogP contribution in [0.25, 0.3) is 10.9 Å². The lowest BCUT2D eigenvalue weighted by Crippen LogP contribution is -2.04. The number of aromatic nitrogens is 1. The van der Waals surface area contributed by atoms with Gasteiger partial charge in [0.15, 0.2) is 0 Å². The molecule has 0 aliphatic rings. The Balaban J connectivity index is 2.04. The molecule has 0 aliphatic heterocycles. The quantitative estimate of drug-likeness (QED) is 0.751. The molecule has 1 heterocycles. The number of halogens is 3. The smallest absolute Gasteiger partial charge is 0.416 e. The van der Waals surface area contributed by atoms with Gasteiger partial charge in [-0.15, -0.1) is 0 Å². The maximum absolute atomic E-state index is 12.7. The Labute approximate surface area is 124 Å². The van der Waals surface area contributed by atoms with Gasteiger partial charge in [0, 0.05) is 11.9 Å². The number of fused-ring (bicyclic) bond motifs is 1. The van der Waals surface area contributed by atoms with Crippen molar-refractivity contribution >= 4 is 16.6 Å². The molecule has 0 unspecified atom stereocenters. The molecule has 6 heteroatoms. The van der Waals surface area contributed by atoms with Crippen molar-refractivity contribution in [2.45, 2.75) is 6.18 Å². The number of pyridine rings is 1. The average Bonchev–Trinajstić information content (AvgIpc) is 2.47. The summed E-state index contributed by atoms with van der Waals surface area (Å²) in [4.78, 5) is 4.16. The summed E-state index contributed by atoms with van der Waals surface area (Å²) in [5, 5.41) is 0.572. The van der Waals surface area contributed by atoms with Crippen LogP contribution < -0.4 is 10.5 Å². The van der Waals surface area contributed by atoms with Crippen molar-refractivity contribution in [1.82, 2.24) is 4.98 Å². The zero-order valence-electron chi connectivity index (χ0n) is 11.3. The van der Waals surface area contributed by atoms with Crippen LogP contribution in [0.15, 0.2) is 54.7 Å². The summed E-state index contributed by atoms with van der Waals surface area (Å²) in [7, 11) is 0. The van der Waals surface area contributed by atoms with Crippen molar-refractivity contribution in [3.63, 3.8) is 0 Å². The summed E-state index contributed by atoms with van der Waals surface area (Å²) in [6, 6.07) is 11.4. The number of nitrogen functional groups attached to an aromatic ring is 1. The summed E-state index contributed by atoms with van der Waals surface area (Å²) >= 11 is 0. The third kappa shape index (κ3) is 2.67. The van der Waals surface area contributed by atoms with Gasteiger partial charge in [-0.05, 0) is 36.4 Å². The van der Waals surface area contributed by atoms with E-state index in [0.29, 0.717) is 22.3 Å². The van der Waals surface area contributed by atoms with Gasteiger partial charge in [0.05, 0.1) is 16.5 Å². The van der Waals surface area contributed by atoms with Crippen molar-refractivity contribution in [2.24, 2.45) is 0 Å². The molecular formula is C16H11F3N2O. The first-order valence-electron chi connectivity index (χ1n) is 6.43. The topological polar surface area (TPSA) is 48.1 Å². The van der Waals surface area contributed by atoms with Crippen LogP contribution in [-0.4, -0.2) is 4.98 Å². The maximum atomic E-state index is 12.7. The minimum Gasteiger partial charge on any atom is -0.457 e. The number of hydrogen-bond acceptors (Lipinski definition) is 3. The lowest BCUT2D eigenvalue weighted by atomic mass is 10.1. The largest absolute Gasteiger partial charge is 0.457 e. The minimum absolute atomic E-state index is 0.0885. The Morgan fingerprint density at radius 2 is 1.77 bits per heavy atom. The van der Waals surface area contributed by atoms with E-state index in [1.54, 1.807) is 30.5 Å². The molecule has 0 atom stereocenters. The van der Waals surface area contributed by atoms with Gasteiger partial charge >= 0.3 is 6.18 Å². The normalized spacial score (nSPS) is 11.6. The van der Waals surface area contributed by atoms with E-state index >= 15 is 0 Å². The predicted molar refractivity (Wildman–Crippen MR) is 77.7 cm³/mol. The van der Waals surface area contributed by atoms with Crippen molar-refractivity contribution < 1.29 is 17.9 Å². The summed E-state index contributed by atoms with van der Waals surface area (Å²) in [5.74, 6) is 0.452. The van der Waals surface area contributed by atoms with Gasteiger partial charge < -0.3 is 10.5 Å². The van der Waals surface area contributed by atoms with Crippen molar-refractivity contribution in [3.05, 3.63) is 60.3 Å². The molecule has 0 saturated heterocycles. The third-order valence-corrected chi connectivity index (χ3v) is 3.15. The van der Waals surface area contributed by atoms with Crippen molar-refractivity contribution in [2.75, 3.05) is 5.73 Å². The Morgan fingerprint density at radius 3 is 2.55 bits per heavy atom. The van der Waals surface area contributed by atoms with Crippen LogP contribution in [0, 0.1) is 0 Å². The minimum atomic E-state index is -4.42. The predicted octanol–water partition coefficient (Wildman–Crippen LogP) is 4.63. The first-order valence-corrected chi connectivity index (χ1v) is 6.43. The fraction of sp³-hybridized carbons (Fsp3) is 0.0625. The summed E-state index contributed by atoms with van der Waals surface area (Å²) in [5.41, 5.74) is 6.21. The molecule has 0 amide bonds. The zero-order valence-corrected chi connectivity index (χ0v) is 11.3. The van der Waals surface area contributed by atoms with E-state index in [-0.39, 0.29) is 5.75 Å². The molecule has 0 saturated carbocycles. The molecule has 1 aromatic heterocycles. The molecule has 0 bridgehead atoms. The number of alkyl halides is 3. The second kappa shape index (κ2) is 5.22. The summed E-state index contributed by atoms with van der Waals surface area (Å²) in [6.45, 7) is 0. The monoisotopic (exact) mass is 304 g/mol. The summed E-state index contributed by atoms with van der Waals surface area (Å²) in [6.07, 6.45) is -2.86. The van der Waals surface area contributed by atoms with Gasteiger partial charge in [-0.2, -0.15) is 13.2 Å². The van der Waals surface area contributed by atoms with Crippen LogP contribution >= 0.6 is 0 Å². The number of nitrogens with zero attached hydrogens (tertiary/aromatic N) is 1. The Morgan fingerprint density at radius 1 is 1.00 bits per heavy atom. The zero-order chi connectivity index (χ0) is 15.7. The maximum Gasteiger partial charge on any atom is 0.416 e. The molecule has 3 nitrogen and oxygen atoms in total. The van der Waals surface area contributed by atoms with Crippen LogP contribution in [-0.2, 0) is 6.18 Å². The van der Waals surface area contributed by atoms with Crippen LogP contribution in [0.1, 0.15) is 5.56 Å². The lowest BCUT2D eigenvalue weighted by molar-refractivity contribution is -0.137. The van der Waals surface area contributed by atoms with Gasteiger partial charge in [0.25, 0.3) is 0 Å². The van der Waals surface area contributed by atoms with E-state index < -0.39 is 11.7 Å². The number of ether oxygens (including phenoxy) is 1. The van der Waals surface area contributed by atoms with Crippen LogP contribution in [0.4, 0.5) is 18.9 Å². The molecule has 2 aromatic carbocycles. The second-order valence-electron chi connectivity index (χ2n) is 4.68. The Bertz CT molecular complexity index is 826. The molecular weight excluding hydrogens is 293 g/mol. The molecule has 0 aliphatic carbocycles. The van der Waals surface area contributed by atoms with Crippen molar-refractivity contribution in [1.29, 1.82) is 0 Å². The molecule has 3 aromatic rings. The highest BCUT2D eigenvalue weighted by Gasteiger charge is 2.30. The van der Waals surface area contributed by atoms with Crippen LogP contribution in [0.5, 0.6) is 11.5 Å². The fourth-order valence-electron chi connectivity index (χ4n) is 2.15. The highest BCUT2D eigenvalue weighted by molar-refractivity contribution is 5.95. The van der Waals surface area contributed by atoms with E-state index in [1.165, 1.54) is 12.1 Å². The molecule has 22 heavy (non-hydrogen) atoms. The number of rotatable bonds is 2. The van der Waals surface area contributed by atoms with Gasteiger partial charge in [-0.1, -0.05) is 12.1 Å². The molecule has 0 fully saturated rings. The standard InChI is InChI=1S/C16H11F3N2O/c17-16(18,19)10-3-1-4-11(9-10)22-14-6-2-5-13-15(14)12(20)7-8-21-13/h1-9H,(H2,20,21). The molecule has 3 rings (SSSR count). The first kappa shape index (κ1) is 14.2. The third-order valence-electron chi connectivity index (χ3n) is 3.15. The van der Waals surface area contributed by atoms with Crippen molar-refractivity contribution in [3.8, 4) is 11.5 Å². The average molecular weight is 304 g/mol. The van der Waals surface area contributed by atoms with E-state index in [9.17, 15) is 13.2 Å². The molecule has 112 valence electrons. The Hall–Kier alpha value is -2.76. The fourth-order valence-corrected chi connectivity index (χ4v) is 2.15. The van der Waals surface area contributed by atoms with Gasteiger partial charge in [-0.25, -0.2) is 0 Å². The number of anilines is 1. The summed E-state index contributed by atoms with van der Waals surface area (Å²) < 4.78 is 43.8. The lowest BCUT2D eigenvalue weighted by Gasteiger charge is -2.12. The van der Waals surface area contributed by atoms with E-state index in [2.05, 4.69) is 4.98 Å². The molecule has 2 N–H and O–H groups in total. The Kier molecular flexibility index (Phi) is 3.36. The van der Waals surface area contributed by atoms with Crippen LogP contribution in [0.2, 0.25) is 0 Å². The number of benzene rings is 2. The SMILES string of the molecule is Nc1ccnc2cccc(Oc3cccc(C(F)(F)F)c3)c12.